The number of hydrogen-bond donors (Lipinski definition) is 1. The van der Waals surface area contributed by atoms with Crippen LogP contribution in [0.15, 0.2) is 0 Å². The van der Waals surface area contributed by atoms with Crippen LogP contribution in [0.4, 0.5) is 0 Å². The molecule has 9 heteroatoms. The van der Waals surface area contributed by atoms with E-state index in [0.29, 0.717) is 13.0 Å². The van der Waals surface area contributed by atoms with E-state index < -0.39 is 20.0 Å². The van der Waals surface area contributed by atoms with E-state index in [0.717, 1.165) is 25.5 Å². The Labute approximate surface area is 128 Å². The molecule has 1 unspecified atom stereocenters. The van der Waals surface area contributed by atoms with Crippen molar-refractivity contribution in [3.63, 3.8) is 0 Å². The van der Waals surface area contributed by atoms with Crippen molar-refractivity contribution in [3.8, 4) is 0 Å². The van der Waals surface area contributed by atoms with E-state index in [1.807, 2.05) is 6.92 Å². The van der Waals surface area contributed by atoms with Crippen LogP contribution in [0.2, 0.25) is 0 Å². The monoisotopic (exact) mass is 342 g/mol. The molecule has 1 fully saturated rings. The molecule has 0 aromatic carbocycles. The first kappa shape index (κ1) is 18.8. The summed E-state index contributed by atoms with van der Waals surface area (Å²) in [5.41, 5.74) is 0. The Morgan fingerprint density at radius 3 is 2.52 bits per heavy atom. The highest BCUT2D eigenvalue weighted by Gasteiger charge is 2.24. The maximum atomic E-state index is 11.7. The van der Waals surface area contributed by atoms with Gasteiger partial charge in [-0.05, 0) is 19.3 Å². The van der Waals surface area contributed by atoms with Crippen LogP contribution in [0.3, 0.4) is 0 Å². The summed E-state index contributed by atoms with van der Waals surface area (Å²) in [4.78, 5) is 0. The SMILES string of the molecule is CCCCS(=O)(=O)NCCN(CC1CCCO1)S(C)(=O)=O. The van der Waals surface area contributed by atoms with E-state index in [2.05, 4.69) is 4.72 Å². The van der Waals surface area contributed by atoms with Crippen molar-refractivity contribution >= 4 is 20.0 Å². The molecule has 0 spiro atoms. The largest absolute Gasteiger partial charge is 0.377 e. The molecule has 1 N–H and O–H groups in total. The molecule has 1 atom stereocenters. The second-order valence-corrected chi connectivity index (χ2v) is 9.23. The van der Waals surface area contributed by atoms with Gasteiger partial charge in [-0.25, -0.2) is 21.6 Å². The van der Waals surface area contributed by atoms with E-state index in [-0.39, 0.29) is 31.5 Å². The highest BCUT2D eigenvalue weighted by molar-refractivity contribution is 7.89. The first-order chi connectivity index (χ1) is 9.74. The van der Waals surface area contributed by atoms with E-state index in [1.54, 1.807) is 0 Å². The normalized spacial score (nSPS) is 20.2. The van der Waals surface area contributed by atoms with Crippen molar-refractivity contribution < 1.29 is 21.6 Å². The summed E-state index contributed by atoms with van der Waals surface area (Å²) < 4.78 is 56.0. The summed E-state index contributed by atoms with van der Waals surface area (Å²) in [6.07, 6.45) is 4.22. The zero-order valence-electron chi connectivity index (χ0n) is 12.7. The molecule has 0 radical (unpaired) electrons. The maximum Gasteiger partial charge on any atom is 0.211 e. The minimum atomic E-state index is -3.37. The Balaban J connectivity index is 2.46. The van der Waals surface area contributed by atoms with E-state index >= 15 is 0 Å². The lowest BCUT2D eigenvalue weighted by Gasteiger charge is -2.23. The second-order valence-electron chi connectivity index (χ2n) is 5.32. The summed E-state index contributed by atoms with van der Waals surface area (Å²) in [5, 5.41) is 0. The van der Waals surface area contributed by atoms with Crippen LogP contribution in [0, 0.1) is 0 Å². The third-order valence-corrected chi connectivity index (χ3v) is 6.09. The average Bonchev–Trinajstić information content (AvgIpc) is 2.87. The first-order valence-electron chi connectivity index (χ1n) is 7.28. The zero-order chi connectivity index (χ0) is 15.9. The number of rotatable bonds is 10. The van der Waals surface area contributed by atoms with Gasteiger partial charge >= 0.3 is 0 Å². The molecule has 1 aliphatic rings. The fraction of sp³-hybridized carbons (Fsp3) is 1.00. The molecular weight excluding hydrogens is 316 g/mol. The molecule has 1 rings (SSSR count). The summed E-state index contributed by atoms with van der Waals surface area (Å²) in [6.45, 7) is 3.08. The van der Waals surface area contributed by atoms with Crippen LogP contribution in [0.1, 0.15) is 32.6 Å². The molecule has 7 nitrogen and oxygen atoms in total. The van der Waals surface area contributed by atoms with Crippen LogP contribution in [0.5, 0.6) is 0 Å². The molecule has 0 amide bonds. The number of nitrogens with one attached hydrogen (secondary N) is 1. The molecule has 21 heavy (non-hydrogen) atoms. The van der Waals surface area contributed by atoms with Gasteiger partial charge in [0.05, 0.1) is 18.1 Å². The van der Waals surface area contributed by atoms with Gasteiger partial charge in [0.1, 0.15) is 0 Å². The van der Waals surface area contributed by atoms with Crippen LogP contribution >= 0.6 is 0 Å². The van der Waals surface area contributed by atoms with Gasteiger partial charge in [-0.2, -0.15) is 4.31 Å². The third-order valence-electron chi connectivity index (χ3n) is 3.35. The predicted octanol–water partition coefficient (Wildman–Crippen LogP) is 0.147. The van der Waals surface area contributed by atoms with Crippen molar-refractivity contribution in [2.75, 3.05) is 38.2 Å². The van der Waals surface area contributed by atoms with Gasteiger partial charge < -0.3 is 4.74 Å². The van der Waals surface area contributed by atoms with Crippen LogP contribution < -0.4 is 4.72 Å². The van der Waals surface area contributed by atoms with E-state index in [1.165, 1.54) is 4.31 Å². The van der Waals surface area contributed by atoms with Gasteiger partial charge in [0.15, 0.2) is 0 Å². The van der Waals surface area contributed by atoms with Crippen molar-refractivity contribution in [1.82, 2.24) is 9.03 Å². The Kier molecular flexibility index (Phi) is 7.55. The lowest BCUT2D eigenvalue weighted by molar-refractivity contribution is 0.0943. The molecule has 1 heterocycles. The van der Waals surface area contributed by atoms with E-state index in [4.69, 9.17) is 4.74 Å². The number of unbranched alkanes of at least 4 members (excludes halogenated alkanes) is 1. The minimum Gasteiger partial charge on any atom is -0.377 e. The third kappa shape index (κ3) is 7.55. The van der Waals surface area contributed by atoms with Gasteiger partial charge in [0.25, 0.3) is 0 Å². The first-order valence-corrected chi connectivity index (χ1v) is 10.8. The Morgan fingerprint density at radius 1 is 1.29 bits per heavy atom. The molecule has 0 aliphatic carbocycles. The molecule has 1 aliphatic heterocycles. The number of hydrogen-bond acceptors (Lipinski definition) is 5. The fourth-order valence-electron chi connectivity index (χ4n) is 2.14. The second kappa shape index (κ2) is 8.42. The smallest absolute Gasteiger partial charge is 0.211 e. The Hall–Kier alpha value is -0.220. The van der Waals surface area contributed by atoms with Crippen molar-refractivity contribution in [2.45, 2.75) is 38.7 Å². The van der Waals surface area contributed by atoms with Gasteiger partial charge in [0, 0.05) is 26.2 Å². The van der Waals surface area contributed by atoms with Crippen LogP contribution in [0.25, 0.3) is 0 Å². The fourth-order valence-corrected chi connectivity index (χ4v) is 4.22. The Morgan fingerprint density at radius 2 is 2.00 bits per heavy atom. The van der Waals surface area contributed by atoms with Gasteiger partial charge in [-0.3, -0.25) is 0 Å². The molecule has 0 aromatic rings. The molecule has 0 bridgehead atoms. The van der Waals surface area contributed by atoms with Crippen molar-refractivity contribution in [2.24, 2.45) is 0 Å². The lowest BCUT2D eigenvalue weighted by atomic mass is 10.2. The summed E-state index contributed by atoms with van der Waals surface area (Å²) in [6, 6.07) is 0. The Bertz CT molecular complexity index is 498. The predicted molar refractivity (Wildman–Crippen MR) is 82.1 cm³/mol. The summed E-state index contributed by atoms with van der Waals surface area (Å²) in [7, 11) is -6.68. The zero-order valence-corrected chi connectivity index (χ0v) is 14.4. The van der Waals surface area contributed by atoms with E-state index in [9.17, 15) is 16.8 Å². The molecule has 1 saturated heterocycles. The summed E-state index contributed by atoms with van der Waals surface area (Å²) >= 11 is 0. The maximum absolute atomic E-state index is 11.7. The molecule has 0 saturated carbocycles. The highest BCUT2D eigenvalue weighted by atomic mass is 32.2. The standard InChI is InChI=1S/C12H26N2O5S2/c1-3-4-10-21(17,18)13-7-8-14(20(2,15)16)11-12-6-5-9-19-12/h12-13H,3-11H2,1-2H3. The van der Waals surface area contributed by atoms with Gasteiger partial charge in [-0.1, -0.05) is 13.3 Å². The van der Waals surface area contributed by atoms with Gasteiger partial charge in [-0.15, -0.1) is 0 Å². The highest BCUT2D eigenvalue weighted by Crippen LogP contribution is 2.14. The van der Waals surface area contributed by atoms with Crippen LogP contribution in [-0.4, -0.2) is 65.5 Å². The molecular formula is C12H26N2O5S2. The average molecular weight is 342 g/mol. The minimum absolute atomic E-state index is 0.0775. The number of nitrogens with zero attached hydrogens (tertiary/aromatic N) is 1. The quantitative estimate of drug-likeness (QED) is 0.610. The lowest BCUT2D eigenvalue weighted by Crippen LogP contribution is -2.42. The topological polar surface area (TPSA) is 92.8 Å². The number of sulfonamides is 2. The van der Waals surface area contributed by atoms with Crippen molar-refractivity contribution in [3.05, 3.63) is 0 Å². The molecule has 0 aromatic heterocycles. The van der Waals surface area contributed by atoms with Crippen LogP contribution in [-0.2, 0) is 24.8 Å². The molecule has 126 valence electrons. The summed E-state index contributed by atoms with van der Waals surface area (Å²) in [5.74, 6) is 0.0775. The van der Waals surface area contributed by atoms with Crippen molar-refractivity contribution in [1.29, 1.82) is 0 Å². The van der Waals surface area contributed by atoms with Gasteiger partial charge in [0.2, 0.25) is 20.0 Å². The number of ether oxygens (including phenoxy) is 1.